The zero-order chi connectivity index (χ0) is 16.2. The third-order valence-corrected chi connectivity index (χ3v) is 4.41. The quantitative estimate of drug-likeness (QED) is 0.820. The van der Waals surface area contributed by atoms with Gasteiger partial charge in [0.05, 0.1) is 18.2 Å². The van der Waals surface area contributed by atoms with Crippen LogP contribution in [0.25, 0.3) is 0 Å². The Kier molecular flexibility index (Phi) is 4.88. The zero-order valence-corrected chi connectivity index (χ0v) is 14.1. The number of hydrogen-bond acceptors (Lipinski definition) is 3. The first-order chi connectivity index (χ1) is 11.1. The van der Waals surface area contributed by atoms with E-state index >= 15 is 0 Å². The molecule has 0 bridgehead atoms. The molecule has 3 rings (SSSR count). The van der Waals surface area contributed by atoms with Crippen molar-refractivity contribution in [1.29, 1.82) is 0 Å². The van der Waals surface area contributed by atoms with Crippen LogP contribution < -0.4 is 10.2 Å². The molecule has 1 atom stereocenters. The van der Waals surface area contributed by atoms with E-state index in [4.69, 9.17) is 0 Å². The molecule has 4 nitrogen and oxygen atoms in total. The molecule has 0 aromatic heterocycles. The van der Waals surface area contributed by atoms with Crippen molar-refractivity contribution in [3.8, 4) is 0 Å². The summed E-state index contributed by atoms with van der Waals surface area (Å²) in [5.41, 5.74) is 1.83. The lowest BCUT2D eigenvalue weighted by atomic mass is 10.1. The maximum Gasteiger partial charge on any atom is 0.251 e. The maximum absolute atomic E-state index is 12.5. The first kappa shape index (κ1) is 15.9. The fourth-order valence-corrected chi connectivity index (χ4v) is 2.95. The van der Waals surface area contributed by atoms with Gasteiger partial charge in [-0.15, -0.1) is 0 Å². The number of hydrogen-bond donors (Lipinski definition) is 1. The first-order valence-corrected chi connectivity index (χ1v) is 8.34. The highest BCUT2D eigenvalue weighted by Crippen LogP contribution is 2.24. The van der Waals surface area contributed by atoms with Gasteiger partial charge in [-0.2, -0.15) is 0 Å². The Morgan fingerprint density at radius 1 is 1.04 bits per heavy atom. The molecule has 0 aliphatic carbocycles. The molecule has 5 heteroatoms. The van der Waals surface area contributed by atoms with Gasteiger partial charge in [-0.05, 0) is 42.8 Å². The van der Waals surface area contributed by atoms with Gasteiger partial charge < -0.3 is 5.32 Å². The van der Waals surface area contributed by atoms with Crippen LogP contribution in [0.4, 0.5) is 5.69 Å². The summed E-state index contributed by atoms with van der Waals surface area (Å²) in [5.74, 6) is -0.333. The smallest absolute Gasteiger partial charge is 0.251 e. The van der Waals surface area contributed by atoms with Crippen molar-refractivity contribution in [2.45, 2.75) is 18.9 Å². The number of nitrogens with one attached hydrogen (secondary N) is 1. The number of carbonyl (C=O) groups excluding carboxylic acids is 2. The van der Waals surface area contributed by atoms with E-state index in [-0.39, 0.29) is 18.2 Å². The SMILES string of the molecule is O=C1C[C@@H](NCCc2ccccc2)C(=O)N1c1ccc(Br)cc1. The molecule has 0 unspecified atom stereocenters. The van der Waals surface area contributed by atoms with Crippen LogP contribution in [0.5, 0.6) is 0 Å². The second-order valence-electron chi connectivity index (χ2n) is 5.49. The summed E-state index contributed by atoms with van der Waals surface area (Å²) in [6.07, 6.45) is 1.04. The summed E-state index contributed by atoms with van der Waals surface area (Å²) in [7, 11) is 0. The number of imide groups is 1. The Hall–Kier alpha value is -1.98. The van der Waals surface area contributed by atoms with Gasteiger partial charge in [0, 0.05) is 4.47 Å². The third-order valence-electron chi connectivity index (χ3n) is 3.88. The van der Waals surface area contributed by atoms with Crippen molar-refractivity contribution in [2.24, 2.45) is 0 Å². The van der Waals surface area contributed by atoms with Gasteiger partial charge in [0.15, 0.2) is 0 Å². The monoisotopic (exact) mass is 372 g/mol. The third kappa shape index (κ3) is 3.68. The van der Waals surface area contributed by atoms with Crippen molar-refractivity contribution in [3.05, 3.63) is 64.6 Å². The molecule has 1 N–H and O–H groups in total. The number of rotatable bonds is 5. The van der Waals surface area contributed by atoms with E-state index in [1.54, 1.807) is 12.1 Å². The van der Waals surface area contributed by atoms with Crippen LogP contribution in [-0.4, -0.2) is 24.4 Å². The summed E-state index contributed by atoms with van der Waals surface area (Å²) in [6.45, 7) is 0.669. The van der Waals surface area contributed by atoms with Gasteiger partial charge >= 0.3 is 0 Å². The molecule has 118 valence electrons. The van der Waals surface area contributed by atoms with Gasteiger partial charge in [0.2, 0.25) is 5.91 Å². The van der Waals surface area contributed by atoms with Crippen molar-refractivity contribution in [2.75, 3.05) is 11.4 Å². The molecule has 1 saturated heterocycles. The van der Waals surface area contributed by atoms with E-state index in [2.05, 4.69) is 33.4 Å². The van der Waals surface area contributed by atoms with E-state index in [0.717, 1.165) is 10.9 Å². The van der Waals surface area contributed by atoms with Crippen LogP contribution in [0, 0.1) is 0 Å². The predicted octanol–water partition coefficient (Wildman–Crippen LogP) is 2.91. The number of amides is 2. The van der Waals surface area contributed by atoms with Crippen LogP contribution in [0.15, 0.2) is 59.1 Å². The van der Waals surface area contributed by atoms with E-state index in [1.165, 1.54) is 10.5 Å². The average molecular weight is 373 g/mol. The average Bonchev–Trinajstić information content (AvgIpc) is 2.84. The Balaban J connectivity index is 1.61. The number of anilines is 1. The largest absolute Gasteiger partial charge is 0.305 e. The van der Waals surface area contributed by atoms with E-state index in [1.807, 2.05) is 30.3 Å². The minimum Gasteiger partial charge on any atom is -0.305 e. The van der Waals surface area contributed by atoms with Gasteiger partial charge in [-0.25, -0.2) is 4.90 Å². The molecule has 1 heterocycles. The van der Waals surface area contributed by atoms with Gasteiger partial charge in [-0.1, -0.05) is 46.3 Å². The summed E-state index contributed by atoms with van der Waals surface area (Å²) in [6, 6.07) is 16.8. The van der Waals surface area contributed by atoms with Gasteiger partial charge in [0.1, 0.15) is 0 Å². The lowest BCUT2D eigenvalue weighted by molar-refractivity contribution is -0.121. The topological polar surface area (TPSA) is 49.4 Å². The van der Waals surface area contributed by atoms with Crippen molar-refractivity contribution < 1.29 is 9.59 Å². The second-order valence-corrected chi connectivity index (χ2v) is 6.41. The molecule has 2 amide bonds. The molecule has 2 aromatic carbocycles. The molecule has 1 aliphatic heterocycles. The summed E-state index contributed by atoms with van der Waals surface area (Å²) in [5, 5.41) is 3.20. The highest BCUT2D eigenvalue weighted by Gasteiger charge is 2.39. The van der Waals surface area contributed by atoms with Crippen LogP contribution in [0.1, 0.15) is 12.0 Å². The van der Waals surface area contributed by atoms with E-state index < -0.39 is 6.04 Å². The Labute approximate surface area is 143 Å². The normalized spacial score (nSPS) is 17.8. The Bertz CT molecular complexity index is 701. The van der Waals surface area contributed by atoms with Crippen LogP contribution in [-0.2, 0) is 16.0 Å². The summed E-state index contributed by atoms with van der Waals surface area (Å²) >= 11 is 3.35. The van der Waals surface area contributed by atoms with Crippen LogP contribution in [0.2, 0.25) is 0 Å². The Morgan fingerprint density at radius 2 is 1.74 bits per heavy atom. The molecule has 1 aliphatic rings. The lowest BCUT2D eigenvalue weighted by Gasteiger charge is -2.15. The lowest BCUT2D eigenvalue weighted by Crippen LogP contribution is -2.39. The number of halogens is 1. The molecule has 0 saturated carbocycles. The fraction of sp³-hybridized carbons (Fsp3) is 0.222. The zero-order valence-electron chi connectivity index (χ0n) is 12.5. The van der Waals surface area contributed by atoms with Crippen molar-refractivity contribution in [3.63, 3.8) is 0 Å². The molecule has 0 radical (unpaired) electrons. The van der Waals surface area contributed by atoms with E-state index in [9.17, 15) is 9.59 Å². The number of carbonyl (C=O) groups is 2. The van der Waals surface area contributed by atoms with Gasteiger partial charge in [-0.3, -0.25) is 9.59 Å². The minimum absolute atomic E-state index is 0.158. The second kappa shape index (κ2) is 7.06. The number of benzene rings is 2. The predicted molar refractivity (Wildman–Crippen MR) is 93.2 cm³/mol. The van der Waals surface area contributed by atoms with Gasteiger partial charge in [0.25, 0.3) is 5.91 Å². The fourth-order valence-electron chi connectivity index (χ4n) is 2.69. The highest BCUT2D eigenvalue weighted by atomic mass is 79.9. The van der Waals surface area contributed by atoms with E-state index in [0.29, 0.717) is 12.2 Å². The standard InChI is InChI=1S/C18H17BrN2O2/c19-14-6-8-15(9-7-14)21-17(22)12-16(18(21)23)20-11-10-13-4-2-1-3-5-13/h1-9,16,20H,10-12H2/t16-/m1/s1. The number of nitrogens with zero attached hydrogens (tertiary/aromatic N) is 1. The molecule has 2 aromatic rings. The molecular formula is C18H17BrN2O2. The summed E-state index contributed by atoms with van der Waals surface area (Å²) in [4.78, 5) is 25.9. The minimum atomic E-state index is -0.435. The van der Waals surface area contributed by atoms with Crippen molar-refractivity contribution >= 4 is 33.4 Å². The molecule has 0 spiro atoms. The molecule has 1 fully saturated rings. The maximum atomic E-state index is 12.5. The highest BCUT2D eigenvalue weighted by molar-refractivity contribution is 9.10. The summed E-state index contributed by atoms with van der Waals surface area (Å²) < 4.78 is 0.915. The Morgan fingerprint density at radius 3 is 2.43 bits per heavy atom. The molecule has 23 heavy (non-hydrogen) atoms. The molecular weight excluding hydrogens is 356 g/mol. The van der Waals surface area contributed by atoms with Crippen LogP contribution in [0.3, 0.4) is 0 Å². The van der Waals surface area contributed by atoms with Crippen LogP contribution >= 0.6 is 15.9 Å². The van der Waals surface area contributed by atoms with Crippen molar-refractivity contribution in [1.82, 2.24) is 5.32 Å². The first-order valence-electron chi connectivity index (χ1n) is 7.55.